The highest BCUT2D eigenvalue weighted by atomic mass is 16.5. The maximum absolute atomic E-state index is 11.7. The Bertz CT molecular complexity index is 460. The predicted octanol–water partition coefficient (Wildman–Crippen LogP) is 1.66. The van der Waals surface area contributed by atoms with Crippen molar-refractivity contribution >= 4 is 17.6 Å². The van der Waals surface area contributed by atoms with E-state index < -0.39 is 6.10 Å². The van der Waals surface area contributed by atoms with E-state index >= 15 is 0 Å². The largest absolute Gasteiger partial charge is 0.453 e. The van der Waals surface area contributed by atoms with Crippen molar-refractivity contribution in [1.82, 2.24) is 5.32 Å². The van der Waals surface area contributed by atoms with E-state index in [4.69, 9.17) is 10.5 Å². The topological polar surface area (TPSA) is 81.4 Å². The second-order valence-corrected chi connectivity index (χ2v) is 4.67. The molecule has 0 saturated heterocycles. The Morgan fingerprint density at radius 1 is 1.40 bits per heavy atom. The zero-order valence-corrected chi connectivity index (χ0v) is 12.0. The van der Waals surface area contributed by atoms with Crippen LogP contribution in [0.1, 0.15) is 32.3 Å². The first-order valence-corrected chi connectivity index (χ1v) is 6.84. The number of nitrogens with one attached hydrogen (secondary N) is 1. The van der Waals surface area contributed by atoms with Crippen molar-refractivity contribution in [3.63, 3.8) is 0 Å². The normalized spacial score (nSPS) is 11.7. The average molecular weight is 278 g/mol. The number of carbonyl (C=O) groups is 2. The number of ether oxygens (including phenoxy) is 1. The Morgan fingerprint density at radius 3 is 2.80 bits per heavy atom. The molecular weight excluding hydrogens is 256 g/mol. The molecule has 1 atom stereocenters. The van der Waals surface area contributed by atoms with Crippen LogP contribution in [0.3, 0.4) is 0 Å². The van der Waals surface area contributed by atoms with Gasteiger partial charge in [-0.05, 0) is 37.5 Å². The minimum atomic E-state index is -0.755. The molecule has 0 spiro atoms. The molecule has 0 aliphatic heterocycles. The fourth-order valence-corrected chi connectivity index (χ4v) is 1.70. The van der Waals surface area contributed by atoms with Gasteiger partial charge in [-0.25, -0.2) is 0 Å². The van der Waals surface area contributed by atoms with Crippen LogP contribution < -0.4 is 11.1 Å². The third-order valence-electron chi connectivity index (χ3n) is 2.80. The molecule has 1 unspecified atom stereocenters. The first-order chi connectivity index (χ1) is 9.52. The lowest BCUT2D eigenvalue weighted by atomic mass is 10.1. The number of nitrogen functional groups attached to an aromatic ring is 1. The predicted molar refractivity (Wildman–Crippen MR) is 78.0 cm³/mol. The zero-order valence-electron chi connectivity index (χ0n) is 12.0. The van der Waals surface area contributed by atoms with E-state index in [1.807, 2.05) is 25.1 Å². The van der Waals surface area contributed by atoms with Crippen molar-refractivity contribution in [3.05, 3.63) is 29.8 Å². The summed E-state index contributed by atoms with van der Waals surface area (Å²) in [6.07, 6.45) is 0.874. The van der Waals surface area contributed by atoms with Gasteiger partial charge in [0.2, 0.25) is 0 Å². The number of esters is 1. The molecule has 0 heterocycles. The van der Waals surface area contributed by atoms with Crippen molar-refractivity contribution < 1.29 is 14.3 Å². The van der Waals surface area contributed by atoms with Crippen LogP contribution in [0.2, 0.25) is 0 Å². The minimum absolute atomic E-state index is 0.231. The van der Waals surface area contributed by atoms with Gasteiger partial charge in [0.25, 0.3) is 5.91 Å². The highest BCUT2D eigenvalue weighted by Gasteiger charge is 2.16. The van der Waals surface area contributed by atoms with Crippen LogP contribution in [-0.4, -0.2) is 24.5 Å². The third kappa shape index (κ3) is 5.73. The molecule has 1 rings (SSSR count). The van der Waals surface area contributed by atoms with Gasteiger partial charge in [0.15, 0.2) is 6.10 Å². The van der Waals surface area contributed by atoms with Crippen molar-refractivity contribution in [2.75, 3.05) is 12.3 Å². The van der Waals surface area contributed by atoms with Crippen LogP contribution in [0.25, 0.3) is 0 Å². The number of nitrogens with two attached hydrogens (primary N) is 1. The molecule has 1 amide bonds. The standard InChI is InChI=1S/C15H22N2O3/c1-3-9-17-15(19)11(2)20-14(18)8-7-12-5-4-6-13(16)10-12/h4-6,10-11H,3,7-9,16H2,1-2H3,(H,17,19). The molecule has 0 aliphatic carbocycles. The first kappa shape index (κ1) is 16.0. The van der Waals surface area contributed by atoms with Crippen molar-refractivity contribution in [1.29, 1.82) is 0 Å². The van der Waals surface area contributed by atoms with Gasteiger partial charge in [0, 0.05) is 18.7 Å². The second-order valence-electron chi connectivity index (χ2n) is 4.67. The van der Waals surface area contributed by atoms with Gasteiger partial charge in [-0.2, -0.15) is 0 Å². The number of aryl methyl sites for hydroxylation is 1. The van der Waals surface area contributed by atoms with Crippen molar-refractivity contribution in [3.8, 4) is 0 Å². The first-order valence-electron chi connectivity index (χ1n) is 6.84. The summed E-state index contributed by atoms with van der Waals surface area (Å²) in [5.74, 6) is -0.643. The molecule has 20 heavy (non-hydrogen) atoms. The maximum Gasteiger partial charge on any atom is 0.306 e. The molecule has 0 aliphatic rings. The summed E-state index contributed by atoms with van der Waals surface area (Å²) in [4.78, 5) is 23.2. The van der Waals surface area contributed by atoms with Crippen LogP contribution in [0, 0.1) is 0 Å². The van der Waals surface area contributed by atoms with E-state index in [0.717, 1.165) is 12.0 Å². The monoisotopic (exact) mass is 278 g/mol. The molecule has 0 bridgehead atoms. The average Bonchev–Trinajstić information content (AvgIpc) is 2.42. The van der Waals surface area contributed by atoms with Gasteiger partial charge in [-0.3, -0.25) is 9.59 Å². The Morgan fingerprint density at radius 2 is 2.15 bits per heavy atom. The van der Waals surface area contributed by atoms with E-state index in [9.17, 15) is 9.59 Å². The van der Waals surface area contributed by atoms with E-state index in [1.165, 1.54) is 0 Å². The van der Waals surface area contributed by atoms with Gasteiger partial charge in [-0.1, -0.05) is 19.1 Å². The highest BCUT2D eigenvalue weighted by molar-refractivity contribution is 5.83. The smallest absolute Gasteiger partial charge is 0.306 e. The number of anilines is 1. The summed E-state index contributed by atoms with van der Waals surface area (Å²) >= 11 is 0. The Labute approximate surface area is 119 Å². The Balaban J connectivity index is 2.34. The van der Waals surface area contributed by atoms with Gasteiger partial charge >= 0.3 is 5.97 Å². The number of amides is 1. The van der Waals surface area contributed by atoms with Crippen LogP contribution in [-0.2, 0) is 20.7 Å². The fraction of sp³-hybridized carbons (Fsp3) is 0.467. The quantitative estimate of drug-likeness (QED) is 0.587. The highest BCUT2D eigenvalue weighted by Crippen LogP contribution is 2.09. The molecule has 110 valence electrons. The SMILES string of the molecule is CCCNC(=O)C(C)OC(=O)CCc1cccc(N)c1. The van der Waals surface area contributed by atoms with Crippen molar-refractivity contribution in [2.24, 2.45) is 0 Å². The summed E-state index contributed by atoms with van der Waals surface area (Å²) in [5.41, 5.74) is 7.31. The molecule has 1 aromatic carbocycles. The molecule has 5 heteroatoms. The Kier molecular flexibility index (Phi) is 6.56. The number of benzene rings is 1. The Hall–Kier alpha value is -2.04. The molecule has 0 aromatic heterocycles. The number of rotatable bonds is 7. The number of hydrogen-bond donors (Lipinski definition) is 2. The molecule has 0 fully saturated rings. The summed E-state index contributed by atoms with van der Waals surface area (Å²) in [7, 11) is 0. The van der Waals surface area contributed by atoms with Gasteiger partial charge in [0.05, 0.1) is 0 Å². The summed E-state index contributed by atoms with van der Waals surface area (Å²) in [6, 6.07) is 7.37. The van der Waals surface area contributed by atoms with E-state index in [1.54, 1.807) is 13.0 Å². The lowest BCUT2D eigenvalue weighted by molar-refractivity contribution is -0.154. The van der Waals surface area contributed by atoms with Crippen LogP contribution in [0.5, 0.6) is 0 Å². The molecular formula is C15H22N2O3. The maximum atomic E-state index is 11.7. The van der Waals surface area contributed by atoms with E-state index in [2.05, 4.69) is 5.32 Å². The van der Waals surface area contributed by atoms with E-state index in [-0.39, 0.29) is 18.3 Å². The van der Waals surface area contributed by atoms with Gasteiger partial charge in [0.1, 0.15) is 0 Å². The third-order valence-corrected chi connectivity index (χ3v) is 2.80. The molecule has 5 nitrogen and oxygen atoms in total. The number of hydrogen-bond acceptors (Lipinski definition) is 4. The van der Waals surface area contributed by atoms with Crippen LogP contribution in [0.15, 0.2) is 24.3 Å². The molecule has 0 saturated carbocycles. The number of carbonyl (C=O) groups excluding carboxylic acids is 2. The summed E-state index contributed by atoms with van der Waals surface area (Å²) in [5, 5.41) is 2.69. The zero-order chi connectivity index (χ0) is 15.0. The summed E-state index contributed by atoms with van der Waals surface area (Å²) < 4.78 is 5.08. The minimum Gasteiger partial charge on any atom is -0.453 e. The summed E-state index contributed by atoms with van der Waals surface area (Å²) in [6.45, 7) is 4.12. The lowest BCUT2D eigenvalue weighted by Gasteiger charge is -2.13. The fourth-order valence-electron chi connectivity index (χ4n) is 1.70. The van der Waals surface area contributed by atoms with Gasteiger partial charge < -0.3 is 15.8 Å². The van der Waals surface area contributed by atoms with E-state index in [0.29, 0.717) is 18.7 Å². The second kappa shape index (κ2) is 8.19. The van der Waals surface area contributed by atoms with Crippen LogP contribution in [0.4, 0.5) is 5.69 Å². The molecule has 3 N–H and O–H groups in total. The van der Waals surface area contributed by atoms with Crippen LogP contribution >= 0.6 is 0 Å². The van der Waals surface area contributed by atoms with Crippen molar-refractivity contribution in [2.45, 2.75) is 39.2 Å². The van der Waals surface area contributed by atoms with Gasteiger partial charge in [-0.15, -0.1) is 0 Å². The molecule has 0 radical (unpaired) electrons. The lowest BCUT2D eigenvalue weighted by Crippen LogP contribution is -2.36. The molecule has 1 aromatic rings.